The lowest BCUT2D eigenvalue weighted by molar-refractivity contribution is 0.401. The molecule has 2 N–H and O–H groups in total. The number of aryl methyl sites for hydroxylation is 1. The van der Waals surface area contributed by atoms with Gasteiger partial charge in [0.25, 0.3) is 0 Å². The molecule has 0 heterocycles. The van der Waals surface area contributed by atoms with E-state index in [-0.39, 0.29) is 0 Å². The van der Waals surface area contributed by atoms with E-state index in [9.17, 15) is 0 Å². The van der Waals surface area contributed by atoms with E-state index in [4.69, 9.17) is 22.1 Å². The minimum atomic E-state index is 0.315. The van der Waals surface area contributed by atoms with Crippen molar-refractivity contribution in [3.63, 3.8) is 0 Å². The van der Waals surface area contributed by atoms with Crippen molar-refractivity contribution < 1.29 is 4.74 Å². The van der Waals surface area contributed by atoms with Crippen LogP contribution >= 0.6 is 11.6 Å². The third-order valence-corrected chi connectivity index (χ3v) is 3.88. The van der Waals surface area contributed by atoms with Crippen molar-refractivity contribution in [1.29, 1.82) is 0 Å². The van der Waals surface area contributed by atoms with E-state index < -0.39 is 0 Å². The summed E-state index contributed by atoms with van der Waals surface area (Å²) in [5.74, 6) is 1.40. The maximum atomic E-state index is 6.23. The van der Waals surface area contributed by atoms with Crippen LogP contribution in [-0.4, -0.2) is 13.2 Å². The van der Waals surface area contributed by atoms with Crippen molar-refractivity contribution in [3.8, 4) is 5.75 Å². The maximum Gasteiger partial charge on any atom is 0.125 e. The van der Waals surface area contributed by atoms with Crippen LogP contribution in [0.25, 0.3) is 0 Å². The van der Waals surface area contributed by atoms with E-state index in [2.05, 4.69) is 20.8 Å². The van der Waals surface area contributed by atoms with Gasteiger partial charge in [-0.1, -0.05) is 38.8 Å². The SMILES string of the molecule is CCCC(N)CCCc1cc(Cl)cc(C(C)C)c1OC. The van der Waals surface area contributed by atoms with Crippen LogP contribution in [0, 0.1) is 0 Å². The Hall–Kier alpha value is -0.730. The van der Waals surface area contributed by atoms with E-state index in [0.717, 1.165) is 42.9 Å². The van der Waals surface area contributed by atoms with Gasteiger partial charge in [0.1, 0.15) is 5.75 Å². The summed E-state index contributed by atoms with van der Waals surface area (Å²) in [6, 6.07) is 4.35. The lowest BCUT2D eigenvalue weighted by Gasteiger charge is -2.17. The van der Waals surface area contributed by atoms with Crippen molar-refractivity contribution in [3.05, 3.63) is 28.3 Å². The first kappa shape index (κ1) is 17.3. The predicted molar refractivity (Wildman–Crippen MR) is 87.9 cm³/mol. The molecule has 0 aliphatic carbocycles. The Balaban J connectivity index is 2.78. The first-order chi connectivity index (χ1) is 9.49. The van der Waals surface area contributed by atoms with Gasteiger partial charge >= 0.3 is 0 Å². The summed E-state index contributed by atoms with van der Waals surface area (Å²) < 4.78 is 5.61. The van der Waals surface area contributed by atoms with Crippen molar-refractivity contribution in [2.75, 3.05) is 7.11 Å². The van der Waals surface area contributed by atoms with E-state index in [1.54, 1.807) is 7.11 Å². The molecule has 1 aromatic carbocycles. The van der Waals surface area contributed by atoms with Crippen molar-refractivity contribution in [2.45, 2.75) is 64.8 Å². The highest BCUT2D eigenvalue weighted by atomic mass is 35.5. The van der Waals surface area contributed by atoms with Gasteiger partial charge in [0.05, 0.1) is 7.11 Å². The molecule has 0 radical (unpaired) electrons. The maximum absolute atomic E-state index is 6.23. The lowest BCUT2D eigenvalue weighted by atomic mass is 9.95. The second kappa shape index (κ2) is 8.53. The first-order valence-electron chi connectivity index (χ1n) is 7.61. The number of nitrogens with two attached hydrogens (primary N) is 1. The van der Waals surface area contributed by atoms with Gasteiger partial charge in [-0.25, -0.2) is 0 Å². The fourth-order valence-electron chi connectivity index (χ4n) is 2.61. The fraction of sp³-hybridized carbons (Fsp3) is 0.647. The molecule has 1 rings (SSSR count). The van der Waals surface area contributed by atoms with E-state index >= 15 is 0 Å². The Morgan fingerprint density at radius 1 is 1.25 bits per heavy atom. The van der Waals surface area contributed by atoms with Crippen LogP contribution in [0.15, 0.2) is 12.1 Å². The molecule has 114 valence electrons. The summed E-state index contributed by atoms with van der Waals surface area (Å²) in [7, 11) is 1.74. The molecule has 0 spiro atoms. The largest absolute Gasteiger partial charge is 0.496 e. The third-order valence-electron chi connectivity index (χ3n) is 3.67. The Morgan fingerprint density at radius 3 is 2.50 bits per heavy atom. The molecule has 0 aliphatic rings. The summed E-state index contributed by atoms with van der Waals surface area (Å²) in [6.45, 7) is 6.50. The molecule has 0 amide bonds. The van der Waals surface area contributed by atoms with Crippen molar-refractivity contribution in [2.24, 2.45) is 5.73 Å². The Kier molecular flexibility index (Phi) is 7.39. The smallest absolute Gasteiger partial charge is 0.125 e. The molecular formula is C17H28ClNO. The van der Waals surface area contributed by atoms with Crippen LogP contribution in [0.5, 0.6) is 5.75 Å². The summed E-state index contributed by atoms with van der Waals surface area (Å²) in [5, 5.41) is 0.794. The number of hydrogen-bond acceptors (Lipinski definition) is 2. The topological polar surface area (TPSA) is 35.2 Å². The van der Waals surface area contributed by atoms with Crippen LogP contribution in [0.2, 0.25) is 5.02 Å². The Bertz CT molecular complexity index is 418. The van der Waals surface area contributed by atoms with Gasteiger partial charge in [0.15, 0.2) is 0 Å². The molecule has 2 nitrogen and oxygen atoms in total. The molecule has 0 aliphatic heterocycles. The Morgan fingerprint density at radius 2 is 1.95 bits per heavy atom. The zero-order valence-corrected chi connectivity index (χ0v) is 14.0. The second-order valence-corrected chi connectivity index (χ2v) is 6.22. The number of benzene rings is 1. The van der Waals surface area contributed by atoms with Crippen molar-refractivity contribution in [1.82, 2.24) is 0 Å². The summed E-state index contributed by atoms with van der Waals surface area (Å²) >= 11 is 6.23. The van der Waals surface area contributed by atoms with Crippen LogP contribution < -0.4 is 10.5 Å². The second-order valence-electron chi connectivity index (χ2n) is 5.78. The average Bonchev–Trinajstić information content (AvgIpc) is 2.38. The van der Waals surface area contributed by atoms with Gasteiger partial charge in [0.2, 0.25) is 0 Å². The molecule has 0 bridgehead atoms. The van der Waals surface area contributed by atoms with Crippen LogP contribution in [0.3, 0.4) is 0 Å². The van der Waals surface area contributed by atoms with E-state index in [0.29, 0.717) is 12.0 Å². The average molecular weight is 298 g/mol. The zero-order chi connectivity index (χ0) is 15.1. The first-order valence-corrected chi connectivity index (χ1v) is 7.99. The van der Waals surface area contributed by atoms with Gasteiger partial charge < -0.3 is 10.5 Å². The van der Waals surface area contributed by atoms with Crippen molar-refractivity contribution >= 4 is 11.6 Å². The molecule has 1 aromatic rings. The number of ether oxygens (including phenoxy) is 1. The molecule has 20 heavy (non-hydrogen) atoms. The number of halogens is 1. The molecular weight excluding hydrogens is 270 g/mol. The molecule has 1 unspecified atom stereocenters. The highest BCUT2D eigenvalue weighted by molar-refractivity contribution is 6.30. The molecule has 0 fully saturated rings. The van der Waals surface area contributed by atoms with Crippen LogP contribution in [0.1, 0.15) is 63.5 Å². The molecule has 3 heteroatoms. The molecule has 0 aromatic heterocycles. The predicted octanol–water partition coefficient (Wildman–Crippen LogP) is 4.92. The summed E-state index contributed by atoms with van der Waals surface area (Å²) in [6.07, 6.45) is 5.36. The summed E-state index contributed by atoms with van der Waals surface area (Å²) in [5.41, 5.74) is 8.46. The normalized spacial score (nSPS) is 12.8. The van der Waals surface area contributed by atoms with Crippen LogP contribution in [-0.2, 0) is 6.42 Å². The zero-order valence-electron chi connectivity index (χ0n) is 13.2. The van der Waals surface area contributed by atoms with Gasteiger partial charge in [0, 0.05) is 11.1 Å². The number of hydrogen-bond donors (Lipinski definition) is 1. The van der Waals surface area contributed by atoms with Gasteiger partial charge in [-0.2, -0.15) is 0 Å². The monoisotopic (exact) mass is 297 g/mol. The number of rotatable bonds is 8. The van der Waals surface area contributed by atoms with Gasteiger partial charge in [-0.05, 0) is 54.9 Å². The molecule has 0 saturated heterocycles. The minimum absolute atomic E-state index is 0.315. The summed E-state index contributed by atoms with van der Waals surface area (Å²) in [4.78, 5) is 0. The standard InChI is InChI=1S/C17H28ClNO/c1-5-7-15(19)9-6-8-13-10-14(18)11-16(12(2)3)17(13)20-4/h10-12,15H,5-9,19H2,1-4H3. The number of methoxy groups -OCH3 is 1. The Labute approximate surface area is 128 Å². The highest BCUT2D eigenvalue weighted by Gasteiger charge is 2.14. The van der Waals surface area contributed by atoms with Gasteiger partial charge in [-0.15, -0.1) is 0 Å². The lowest BCUT2D eigenvalue weighted by Crippen LogP contribution is -2.19. The minimum Gasteiger partial charge on any atom is -0.496 e. The fourth-order valence-corrected chi connectivity index (χ4v) is 2.86. The molecule has 0 saturated carbocycles. The quantitative estimate of drug-likeness (QED) is 0.739. The van der Waals surface area contributed by atoms with E-state index in [1.807, 2.05) is 12.1 Å². The van der Waals surface area contributed by atoms with Gasteiger partial charge in [-0.3, -0.25) is 0 Å². The third kappa shape index (κ3) is 4.99. The van der Waals surface area contributed by atoms with E-state index in [1.165, 1.54) is 11.1 Å². The van der Waals surface area contributed by atoms with Crippen LogP contribution in [0.4, 0.5) is 0 Å². The highest BCUT2D eigenvalue weighted by Crippen LogP contribution is 2.34. The molecule has 1 atom stereocenters.